The fraction of sp³-hybridized carbons (Fsp3) is 0.259. The molecule has 2 aromatic carbocycles. The summed E-state index contributed by atoms with van der Waals surface area (Å²) in [6.07, 6.45) is 7.45. The van der Waals surface area contributed by atoms with Crippen molar-refractivity contribution in [3.8, 4) is 0 Å². The molecule has 3 heterocycles. The number of carbonyl (C=O) groups excluding carboxylic acids is 1. The van der Waals surface area contributed by atoms with Crippen molar-refractivity contribution in [2.75, 3.05) is 31.1 Å². The van der Waals surface area contributed by atoms with Crippen LogP contribution < -0.4 is 4.90 Å². The Labute approximate surface area is 208 Å². The average molecular weight is 496 g/mol. The van der Waals surface area contributed by atoms with E-state index >= 15 is 0 Å². The van der Waals surface area contributed by atoms with E-state index in [1.807, 2.05) is 42.5 Å². The molecular weight excluding hydrogens is 472 g/mol. The lowest BCUT2D eigenvalue weighted by Crippen LogP contribution is -2.46. The normalized spacial score (nSPS) is 17.4. The summed E-state index contributed by atoms with van der Waals surface area (Å²) in [6, 6.07) is 16.2. The van der Waals surface area contributed by atoms with Crippen LogP contribution in [0.2, 0.25) is 10.0 Å². The first-order valence-corrected chi connectivity index (χ1v) is 12.1. The van der Waals surface area contributed by atoms with Gasteiger partial charge in [-0.1, -0.05) is 47.5 Å². The Morgan fingerprint density at radius 2 is 1.76 bits per heavy atom. The van der Waals surface area contributed by atoms with Gasteiger partial charge in [-0.15, -0.1) is 0 Å². The Morgan fingerprint density at radius 3 is 2.50 bits per heavy atom. The number of nitrogens with zero attached hydrogens (tertiary/aromatic N) is 3. The van der Waals surface area contributed by atoms with Crippen LogP contribution in [0.4, 0.5) is 10.1 Å². The molecule has 1 amide bonds. The van der Waals surface area contributed by atoms with E-state index in [1.165, 1.54) is 12.3 Å². The summed E-state index contributed by atoms with van der Waals surface area (Å²) in [7, 11) is 0. The Morgan fingerprint density at radius 1 is 1.03 bits per heavy atom. The van der Waals surface area contributed by atoms with Gasteiger partial charge in [-0.25, -0.2) is 4.98 Å². The number of fused-ring (bicyclic) bond motifs is 2. The second-order valence-corrected chi connectivity index (χ2v) is 9.83. The minimum atomic E-state index is -0.656. The number of hydrogen-bond donors (Lipinski definition) is 0. The van der Waals surface area contributed by atoms with Crippen molar-refractivity contribution in [2.45, 2.75) is 18.3 Å². The molecule has 174 valence electrons. The van der Waals surface area contributed by atoms with E-state index in [0.29, 0.717) is 17.1 Å². The van der Waals surface area contributed by atoms with Crippen molar-refractivity contribution in [1.82, 2.24) is 9.88 Å². The summed E-state index contributed by atoms with van der Waals surface area (Å²) in [5, 5.41) is 1.40. The fourth-order valence-electron chi connectivity index (χ4n) is 5.02. The summed E-state index contributed by atoms with van der Waals surface area (Å²) < 4.78 is 13.7. The summed E-state index contributed by atoms with van der Waals surface area (Å²) >= 11 is 12.3. The second kappa shape index (κ2) is 9.49. The zero-order valence-electron chi connectivity index (χ0n) is 18.6. The molecule has 1 aromatic heterocycles. The van der Waals surface area contributed by atoms with E-state index in [1.54, 1.807) is 11.0 Å². The molecule has 2 aliphatic rings. The lowest BCUT2D eigenvalue weighted by molar-refractivity contribution is 0.0977. The van der Waals surface area contributed by atoms with Crippen LogP contribution in [0.3, 0.4) is 0 Å². The van der Waals surface area contributed by atoms with E-state index in [9.17, 15) is 9.18 Å². The standard InChI is InChI=1S/C27H24Cl2FN3O/c28-21-5-3-19(4-6-21)2-1-13-32-14-10-27(11-15-32)18-33(24-8-7-22(29)17-23(24)27)26(34)20-9-12-31-25(30)16-20/h1-9,12,16-17H,10-11,13-15,18H2/b2-1+. The first-order valence-electron chi connectivity index (χ1n) is 11.3. The number of hydrogen-bond acceptors (Lipinski definition) is 3. The highest BCUT2D eigenvalue weighted by Crippen LogP contribution is 2.48. The maximum absolute atomic E-state index is 13.7. The number of rotatable bonds is 4. The number of likely N-dealkylation sites (tertiary alicyclic amines) is 1. The van der Waals surface area contributed by atoms with Gasteiger partial charge in [0, 0.05) is 52.1 Å². The molecule has 1 spiro atoms. The third kappa shape index (κ3) is 4.61. The Hall–Kier alpha value is -2.73. The van der Waals surface area contributed by atoms with Crippen LogP contribution in [0.1, 0.15) is 34.3 Å². The molecule has 0 atom stereocenters. The van der Waals surface area contributed by atoms with E-state index in [4.69, 9.17) is 23.2 Å². The van der Waals surface area contributed by atoms with Crippen LogP contribution in [0.5, 0.6) is 0 Å². The van der Waals surface area contributed by atoms with Gasteiger partial charge in [0.15, 0.2) is 0 Å². The zero-order chi connectivity index (χ0) is 23.7. The number of amides is 1. The Bertz CT molecular complexity index is 1240. The highest BCUT2D eigenvalue weighted by molar-refractivity contribution is 6.31. The van der Waals surface area contributed by atoms with E-state index in [-0.39, 0.29) is 11.3 Å². The number of aromatic nitrogens is 1. The van der Waals surface area contributed by atoms with Gasteiger partial charge in [-0.05, 0) is 73.5 Å². The number of anilines is 1. The second-order valence-electron chi connectivity index (χ2n) is 8.95. The predicted octanol–water partition coefficient (Wildman–Crippen LogP) is 6.23. The van der Waals surface area contributed by atoms with Gasteiger partial charge in [0.1, 0.15) is 0 Å². The third-order valence-corrected chi connectivity index (χ3v) is 7.34. The maximum Gasteiger partial charge on any atom is 0.258 e. The van der Waals surface area contributed by atoms with Crippen molar-refractivity contribution >= 4 is 40.9 Å². The number of carbonyl (C=O) groups is 1. The number of halogens is 3. The Balaban J connectivity index is 1.31. The molecule has 2 aliphatic heterocycles. The molecule has 1 saturated heterocycles. The minimum Gasteiger partial charge on any atom is -0.307 e. The highest BCUT2D eigenvalue weighted by Gasteiger charge is 2.46. The first-order chi connectivity index (χ1) is 16.4. The summed E-state index contributed by atoms with van der Waals surface area (Å²) in [6.45, 7) is 3.27. The maximum atomic E-state index is 13.7. The van der Waals surface area contributed by atoms with Gasteiger partial charge in [-0.2, -0.15) is 4.39 Å². The summed E-state index contributed by atoms with van der Waals surface area (Å²) in [4.78, 5) is 21.1. The lowest BCUT2D eigenvalue weighted by Gasteiger charge is -2.39. The van der Waals surface area contributed by atoms with E-state index in [0.717, 1.165) is 54.3 Å². The number of pyridine rings is 1. The number of piperidine rings is 1. The molecule has 7 heteroatoms. The number of benzene rings is 2. The molecule has 5 rings (SSSR count). The molecule has 4 nitrogen and oxygen atoms in total. The topological polar surface area (TPSA) is 36.4 Å². The molecular formula is C27H24Cl2FN3O. The van der Waals surface area contributed by atoms with Gasteiger partial charge in [0.25, 0.3) is 5.91 Å². The smallest absolute Gasteiger partial charge is 0.258 e. The fourth-order valence-corrected chi connectivity index (χ4v) is 5.31. The van der Waals surface area contributed by atoms with Crippen LogP contribution in [0, 0.1) is 5.95 Å². The van der Waals surface area contributed by atoms with Gasteiger partial charge in [-0.3, -0.25) is 9.69 Å². The molecule has 0 radical (unpaired) electrons. The predicted molar refractivity (Wildman–Crippen MR) is 135 cm³/mol. The molecule has 0 bridgehead atoms. The van der Waals surface area contributed by atoms with Crippen molar-refractivity contribution in [2.24, 2.45) is 0 Å². The quantitative estimate of drug-likeness (QED) is 0.402. The van der Waals surface area contributed by atoms with Gasteiger partial charge in [0.2, 0.25) is 5.95 Å². The third-order valence-electron chi connectivity index (χ3n) is 6.86. The van der Waals surface area contributed by atoms with Gasteiger partial charge in [0.05, 0.1) is 0 Å². The van der Waals surface area contributed by atoms with Crippen LogP contribution in [-0.2, 0) is 5.41 Å². The molecule has 0 N–H and O–H groups in total. The molecule has 0 unspecified atom stereocenters. The van der Waals surface area contributed by atoms with E-state index < -0.39 is 5.95 Å². The average Bonchev–Trinajstić information content (AvgIpc) is 3.14. The molecule has 0 aliphatic carbocycles. The van der Waals surface area contributed by atoms with E-state index in [2.05, 4.69) is 22.0 Å². The van der Waals surface area contributed by atoms with Crippen LogP contribution in [0.15, 0.2) is 66.9 Å². The Kier molecular flexibility index (Phi) is 6.43. The summed E-state index contributed by atoms with van der Waals surface area (Å²) in [5.74, 6) is -0.869. The molecule has 1 fully saturated rings. The van der Waals surface area contributed by atoms with Crippen LogP contribution in [-0.4, -0.2) is 42.0 Å². The molecule has 0 saturated carbocycles. The van der Waals surface area contributed by atoms with Crippen molar-refractivity contribution in [1.29, 1.82) is 0 Å². The largest absolute Gasteiger partial charge is 0.307 e. The van der Waals surface area contributed by atoms with Crippen LogP contribution >= 0.6 is 23.2 Å². The molecule has 34 heavy (non-hydrogen) atoms. The monoisotopic (exact) mass is 495 g/mol. The van der Waals surface area contributed by atoms with Crippen molar-refractivity contribution < 1.29 is 9.18 Å². The van der Waals surface area contributed by atoms with Crippen molar-refractivity contribution in [3.05, 3.63) is 99.6 Å². The van der Waals surface area contributed by atoms with Gasteiger partial charge < -0.3 is 4.90 Å². The van der Waals surface area contributed by atoms with Gasteiger partial charge >= 0.3 is 0 Å². The highest BCUT2D eigenvalue weighted by atomic mass is 35.5. The van der Waals surface area contributed by atoms with Crippen molar-refractivity contribution in [3.63, 3.8) is 0 Å². The van der Waals surface area contributed by atoms with Crippen LogP contribution in [0.25, 0.3) is 6.08 Å². The lowest BCUT2D eigenvalue weighted by atomic mass is 9.74. The zero-order valence-corrected chi connectivity index (χ0v) is 20.1. The minimum absolute atomic E-state index is 0.155. The first kappa shape index (κ1) is 23.0. The molecule has 3 aromatic rings. The summed E-state index contributed by atoms with van der Waals surface area (Å²) in [5.41, 5.74) is 3.24. The SMILES string of the molecule is O=C(c1ccnc(F)c1)N1CC2(CCN(C/C=C/c3ccc(Cl)cc3)CC2)c2cc(Cl)ccc21.